The van der Waals surface area contributed by atoms with Gasteiger partial charge in [-0.3, -0.25) is 9.59 Å². The van der Waals surface area contributed by atoms with Crippen LogP contribution < -0.4 is 5.32 Å². The molecule has 8 nitrogen and oxygen atoms in total. The highest BCUT2D eigenvalue weighted by Gasteiger charge is 2.33. The second kappa shape index (κ2) is 8.66. The van der Waals surface area contributed by atoms with E-state index in [4.69, 9.17) is 0 Å². The molecule has 0 spiro atoms. The maximum atomic E-state index is 13.2. The number of hydrogen-bond acceptors (Lipinski definition) is 4. The van der Waals surface area contributed by atoms with Crippen molar-refractivity contribution in [2.75, 3.05) is 26.0 Å². The van der Waals surface area contributed by atoms with E-state index < -0.39 is 0 Å². The quantitative estimate of drug-likeness (QED) is 0.662. The van der Waals surface area contributed by atoms with Gasteiger partial charge < -0.3 is 20.1 Å². The van der Waals surface area contributed by atoms with Crippen LogP contribution in [0.2, 0.25) is 0 Å². The minimum Gasteiger partial charge on any atom is -0.356 e. The van der Waals surface area contributed by atoms with E-state index >= 15 is 0 Å². The van der Waals surface area contributed by atoms with Crippen LogP contribution in [0.4, 0.5) is 10.6 Å². The van der Waals surface area contributed by atoms with Crippen LogP contribution in [0, 0.1) is 0 Å². The number of benzene rings is 1. The van der Waals surface area contributed by atoms with Crippen LogP contribution in [-0.4, -0.2) is 58.1 Å². The Morgan fingerprint density at radius 2 is 1.91 bits per heavy atom. The number of amides is 3. The van der Waals surface area contributed by atoms with Gasteiger partial charge >= 0.3 is 6.03 Å². The monoisotopic (exact) mass is 431 g/mol. The van der Waals surface area contributed by atoms with E-state index in [2.05, 4.69) is 15.3 Å². The lowest BCUT2D eigenvalue weighted by molar-refractivity contribution is -0.114. The van der Waals surface area contributed by atoms with E-state index in [1.54, 1.807) is 26.4 Å². The molecular formula is C24H25N5O3. The van der Waals surface area contributed by atoms with E-state index in [0.29, 0.717) is 24.3 Å². The molecular weight excluding hydrogens is 406 g/mol. The van der Waals surface area contributed by atoms with E-state index in [1.165, 1.54) is 16.7 Å². The molecule has 0 aliphatic carbocycles. The van der Waals surface area contributed by atoms with E-state index in [1.807, 2.05) is 36.4 Å². The van der Waals surface area contributed by atoms with Crippen LogP contribution in [-0.2, 0) is 17.8 Å². The molecule has 2 N–H and O–H groups in total. The highest BCUT2D eigenvalue weighted by atomic mass is 16.2. The lowest BCUT2D eigenvalue weighted by atomic mass is 9.93. The number of rotatable bonds is 4. The molecule has 1 aliphatic rings. The van der Waals surface area contributed by atoms with Crippen molar-refractivity contribution in [3.05, 3.63) is 71.0 Å². The number of carbonyl (C=O) groups is 3. The van der Waals surface area contributed by atoms with Gasteiger partial charge in [0.15, 0.2) is 5.78 Å². The summed E-state index contributed by atoms with van der Waals surface area (Å²) in [5.41, 5.74) is 4.92. The first-order chi connectivity index (χ1) is 15.3. The topological polar surface area (TPSA) is 98.4 Å². The average molecular weight is 431 g/mol. The Bertz CT molecular complexity index is 1180. The molecule has 0 bridgehead atoms. The molecule has 0 saturated heterocycles. The highest BCUT2D eigenvalue weighted by Crippen LogP contribution is 2.34. The van der Waals surface area contributed by atoms with Crippen molar-refractivity contribution in [2.45, 2.75) is 19.9 Å². The van der Waals surface area contributed by atoms with Gasteiger partial charge in [-0.25, -0.2) is 9.78 Å². The first kappa shape index (κ1) is 21.3. The van der Waals surface area contributed by atoms with Gasteiger partial charge in [-0.15, -0.1) is 0 Å². The zero-order chi connectivity index (χ0) is 22.8. The Balaban J connectivity index is 1.81. The van der Waals surface area contributed by atoms with Crippen molar-refractivity contribution in [3.8, 4) is 11.3 Å². The third-order valence-electron chi connectivity index (χ3n) is 5.37. The largest absolute Gasteiger partial charge is 0.356 e. The summed E-state index contributed by atoms with van der Waals surface area (Å²) < 4.78 is 0. The molecule has 8 heteroatoms. The zero-order valence-corrected chi connectivity index (χ0v) is 18.3. The lowest BCUT2D eigenvalue weighted by Crippen LogP contribution is -2.44. The van der Waals surface area contributed by atoms with Gasteiger partial charge in [-0.1, -0.05) is 30.3 Å². The van der Waals surface area contributed by atoms with E-state index in [0.717, 1.165) is 28.1 Å². The van der Waals surface area contributed by atoms with Crippen molar-refractivity contribution in [1.29, 1.82) is 0 Å². The molecule has 3 amide bonds. The van der Waals surface area contributed by atoms with Crippen LogP contribution in [0.5, 0.6) is 0 Å². The first-order valence-corrected chi connectivity index (χ1v) is 10.3. The van der Waals surface area contributed by atoms with Crippen molar-refractivity contribution in [1.82, 2.24) is 19.8 Å². The maximum absolute atomic E-state index is 13.2. The number of carbonyl (C=O) groups excluding carboxylic acids is 3. The molecule has 3 aromatic rings. The molecule has 3 heterocycles. The molecule has 1 aliphatic heterocycles. The van der Waals surface area contributed by atoms with E-state index in [-0.39, 0.29) is 24.3 Å². The summed E-state index contributed by atoms with van der Waals surface area (Å²) in [7, 11) is 3.34. The minimum atomic E-state index is -0.210. The maximum Gasteiger partial charge on any atom is 0.320 e. The fourth-order valence-electron chi connectivity index (χ4n) is 4.03. The third kappa shape index (κ3) is 4.25. The molecule has 2 aromatic heterocycles. The smallest absolute Gasteiger partial charge is 0.320 e. The van der Waals surface area contributed by atoms with Gasteiger partial charge in [-0.2, -0.15) is 0 Å². The number of H-pyrrole nitrogens is 1. The van der Waals surface area contributed by atoms with Crippen LogP contribution in [0.25, 0.3) is 11.3 Å². The Morgan fingerprint density at radius 1 is 1.16 bits per heavy atom. The third-order valence-corrected chi connectivity index (χ3v) is 5.37. The van der Waals surface area contributed by atoms with Gasteiger partial charge in [0.25, 0.3) is 0 Å². The normalized spacial score (nSPS) is 13.0. The van der Waals surface area contributed by atoms with Crippen LogP contribution in [0.1, 0.15) is 34.1 Å². The van der Waals surface area contributed by atoms with Gasteiger partial charge in [0.05, 0.1) is 18.8 Å². The van der Waals surface area contributed by atoms with Crippen molar-refractivity contribution >= 4 is 23.5 Å². The van der Waals surface area contributed by atoms with Gasteiger partial charge in [0.2, 0.25) is 5.91 Å². The predicted molar refractivity (Wildman–Crippen MR) is 121 cm³/mol. The van der Waals surface area contributed by atoms with Gasteiger partial charge in [0.1, 0.15) is 5.82 Å². The Hall–Kier alpha value is -3.94. The Labute approximate surface area is 186 Å². The van der Waals surface area contributed by atoms with Crippen molar-refractivity contribution in [3.63, 3.8) is 0 Å². The summed E-state index contributed by atoms with van der Waals surface area (Å²) in [5.74, 6) is 0.132. The Kier molecular flexibility index (Phi) is 5.77. The number of nitrogens with one attached hydrogen (secondary N) is 2. The molecule has 164 valence electrons. The summed E-state index contributed by atoms with van der Waals surface area (Å²) in [6.07, 6.45) is 2.18. The summed E-state index contributed by atoms with van der Waals surface area (Å²) in [5, 5.41) is 2.70. The summed E-state index contributed by atoms with van der Waals surface area (Å²) in [4.78, 5) is 47.8. The molecule has 1 aromatic carbocycles. The SMILES string of the molecule is CC(=O)Nc1cc(-c2[nH]c3c(c2Cc2ccccc2)C(=O)CN(C(=O)N(C)C)C3)ccn1. The average Bonchev–Trinajstić information content (AvgIpc) is 3.12. The molecule has 0 radical (unpaired) electrons. The zero-order valence-electron chi connectivity index (χ0n) is 18.3. The standard InChI is InChI=1S/C24H25N5O3/c1-15(30)26-21-12-17(9-10-25-21)23-18(11-16-7-5-4-6-8-16)22-19(27-23)13-29(14-20(22)31)24(32)28(2)3/h4-10,12,27H,11,13-14H2,1-3H3,(H,25,26,30). The Morgan fingerprint density at radius 3 is 2.59 bits per heavy atom. The second-order valence-corrected chi connectivity index (χ2v) is 8.06. The number of fused-ring (bicyclic) bond motifs is 1. The molecule has 4 rings (SSSR count). The molecule has 0 fully saturated rings. The number of nitrogens with zero attached hydrogens (tertiary/aromatic N) is 3. The van der Waals surface area contributed by atoms with Crippen LogP contribution in [0.15, 0.2) is 48.7 Å². The molecule has 0 saturated carbocycles. The predicted octanol–water partition coefficient (Wildman–Crippen LogP) is 3.31. The van der Waals surface area contributed by atoms with E-state index in [9.17, 15) is 14.4 Å². The molecule has 0 unspecified atom stereocenters. The fraction of sp³-hybridized carbons (Fsp3) is 0.250. The molecule has 32 heavy (non-hydrogen) atoms. The summed E-state index contributed by atoms with van der Waals surface area (Å²) >= 11 is 0. The highest BCUT2D eigenvalue weighted by molar-refractivity contribution is 6.04. The minimum absolute atomic E-state index is 0.0383. The number of pyridine rings is 1. The number of hydrogen-bond donors (Lipinski definition) is 2. The summed E-state index contributed by atoms with van der Waals surface area (Å²) in [6, 6.07) is 13.3. The van der Waals surface area contributed by atoms with Crippen molar-refractivity contribution < 1.29 is 14.4 Å². The van der Waals surface area contributed by atoms with Gasteiger partial charge in [0, 0.05) is 50.5 Å². The second-order valence-electron chi connectivity index (χ2n) is 8.06. The van der Waals surface area contributed by atoms with Crippen LogP contribution >= 0.6 is 0 Å². The number of aromatic nitrogens is 2. The first-order valence-electron chi connectivity index (χ1n) is 10.3. The number of ketones is 1. The summed E-state index contributed by atoms with van der Waals surface area (Å²) in [6.45, 7) is 1.79. The fourth-order valence-corrected chi connectivity index (χ4v) is 4.03. The lowest BCUT2D eigenvalue weighted by Gasteiger charge is -2.29. The number of aromatic amines is 1. The number of Topliss-reactive ketones (excluding diaryl/α,β-unsaturated/α-hetero) is 1. The number of anilines is 1. The van der Waals surface area contributed by atoms with Gasteiger partial charge in [-0.05, 0) is 23.3 Å². The molecule has 0 atom stereocenters. The van der Waals surface area contributed by atoms with Crippen molar-refractivity contribution in [2.24, 2.45) is 0 Å². The van der Waals surface area contributed by atoms with Crippen LogP contribution in [0.3, 0.4) is 0 Å². The number of urea groups is 1.